The third-order valence-corrected chi connectivity index (χ3v) is 3.74. The Kier molecular flexibility index (Phi) is 4.57. The largest absolute Gasteiger partial charge is 0.321 e. The summed E-state index contributed by atoms with van der Waals surface area (Å²) in [6, 6.07) is 5.06. The number of aromatic nitrogens is 2. The summed E-state index contributed by atoms with van der Waals surface area (Å²) in [6.07, 6.45) is 1.91. The van der Waals surface area contributed by atoms with Gasteiger partial charge in [-0.15, -0.1) is 0 Å². The Hall–Kier alpha value is -2.59. The van der Waals surface area contributed by atoms with Crippen molar-refractivity contribution >= 4 is 38.7 Å². The number of carbonyl (C=O) groups is 1. The Bertz CT molecular complexity index is 883. The second-order valence-corrected chi connectivity index (χ2v) is 6.70. The molecule has 2 rings (SSSR count). The fraction of sp³-hybridized carbons (Fsp3) is 0.0833. The van der Waals surface area contributed by atoms with Crippen LogP contribution in [-0.4, -0.2) is 35.5 Å². The smallest absolute Gasteiger partial charge is 0.275 e. The Labute approximate surface area is 135 Å². The van der Waals surface area contributed by atoms with E-state index in [1.165, 1.54) is 24.3 Å². The van der Waals surface area contributed by atoms with Crippen LogP contribution < -0.4 is 5.32 Å². The first-order chi connectivity index (χ1) is 10.7. The summed E-state index contributed by atoms with van der Waals surface area (Å²) in [7, 11) is -3.70. The molecule has 9 nitrogen and oxygen atoms in total. The second-order valence-electron chi connectivity index (χ2n) is 4.38. The molecule has 0 saturated carbocycles. The molecule has 0 unspecified atom stereocenters. The standard InChI is InChI=1S/C12H9ClN4O5S/c1-23(21,22)12-14-6-9(13)10(16-12)11(18)15-7-2-4-8(5-3-7)17(19)20/h2-6H,1H3,(H,15,18). The van der Waals surface area contributed by atoms with Crippen LogP contribution in [0.5, 0.6) is 0 Å². The molecule has 0 spiro atoms. The zero-order valence-electron chi connectivity index (χ0n) is 11.6. The van der Waals surface area contributed by atoms with Gasteiger partial charge in [-0.1, -0.05) is 11.6 Å². The predicted octanol–water partition coefficient (Wildman–Crippen LogP) is 1.69. The Morgan fingerprint density at radius 1 is 1.30 bits per heavy atom. The van der Waals surface area contributed by atoms with Gasteiger partial charge in [-0.2, -0.15) is 0 Å². The molecule has 2 aromatic rings. The highest BCUT2D eigenvalue weighted by Crippen LogP contribution is 2.19. The number of benzene rings is 1. The Morgan fingerprint density at radius 3 is 2.43 bits per heavy atom. The van der Waals surface area contributed by atoms with E-state index < -0.39 is 25.8 Å². The maximum absolute atomic E-state index is 12.1. The Morgan fingerprint density at radius 2 is 1.91 bits per heavy atom. The molecule has 0 aliphatic carbocycles. The molecule has 1 heterocycles. The van der Waals surface area contributed by atoms with Gasteiger partial charge in [0.1, 0.15) is 0 Å². The highest BCUT2D eigenvalue weighted by atomic mass is 35.5. The predicted molar refractivity (Wildman–Crippen MR) is 81.2 cm³/mol. The van der Waals surface area contributed by atoms with Crippen molar-refractivity contribution in [2.45, 2.75) is 5.16 Å². The van der Waals surface area contributed by atoms with Gasteiger partial charge in [-0.3, -0.25) is 14.9 Å². The number of hydrogen-bond acceptors (Lipinski definition) is 7. The maximum atomic E-state index is 12.1. The van der Waals surface area contributed by atoms with Crippen molar-refractivity contribution in [1.29, 1.82) is 0 Å². The molecule has 1 N–H and O–H groups in total. The van der Waals surface area contributed by atoms with Crippen LogP contribution in [0.25, 0.3) is 0 Å². The maximum Gasteiger partial charge on any atom is 0.275 e. The summed E-state index contributed by atoms with van der Waals surface area (Å²) in [5, 5.41) is 12.3. The van der Waals surface area contributed by atoms with Gasteiger partial charge in [0.05, 0.1) is 16.1 Å². The molecule has 0 saturated heterocycles. The molecular weight excluding hydrogens is 348 g/mol. The average molecular weight is 357 g/mol. The average Bonchev–Trinajstić information content (AvgIpc) is 2.46. The minimum atomic E-state index is -3.70. The van der Waals surface area contributed by atoms with E-state index in [-0.39, 0.29) is 22.1 Å². The Balaban J connectivity index is 2.28. The normalized spacial score (nSPS) is 11.0. The van der Waals surface area contributed by atoms with Gasteiger partial charge >= 0.3 is 0 Å². The molecule has 11 heteroatoms. The first-order valence-corrected chi connectivity index (χ1v) is 8.24. The van der Waals surface area contributed by atoms with Gasteiger partial charge in [-0.25, -0.2) is 18.4 Å². The van der Waals surface area contributed by atoms with Crippen LogP contribution in [0.1, 0.15) is 10.5 Å². The molecule has 1 aromatic carbocycles. The monoisotopic (exact) mass is 356 g/mol. The zero-order chi connectivity index (χ0) is 17.2. The van der Waals surface area contributed by atoms with Crippen LogP contribution in [0.4, 0.5) is 11.4 Å². The van der Waals surface area contributed by atoms with Crippen molar-refractivity contribution in [3.05, 3.63) is 51.3 Å². The molecule has 0 bridgehead atoms. The van der Waals surface area contributed by atoms with E-state index in [0.717, 1.165) is 12.5 Å². The lowest BCUT2D eigenvalue weighted by Gasteiger charge is -2.06. The fourth-order valence-electron chi connectivity index (χ4n) is 1.55. The van der Waals surface area contributed by atoms with Crippen molar-refractivity contribution in [1.82, 2.24) is 9.97 Å². The molecule has 0 aliphatic heterocycles. The summed E-state index contributed by atoms with van der Waals surface area (Å²) in [4.78, 5) is 29.3. The number of nitrogens with one attached hydrogen (secondary N) is 1. The van der Waals surface area contributed by atoms with E-state index in [9.17, 15) is 23.3 Å². The number of carbonyl (C=O) groups excluding carboxylic acids is 1. The first kappa shape index (κ1) is 16.8. The van der Waals surface area contributed by atoms with E-state index in [0.29, 0.717) is 0 Å². The summed E-state index contributed by atoms with van der Waals surface area (Å²) in [5.41, 5.74) is -0.195. The lowest BCUT2D eigenvalue weighted by Crippen LogP contribution is -2.17. The molecule has 120 valence electrons. The molecule has 0 radical (unpaired) electrons. The van der Waals surface area contributed by atoms with E-state index in [1.807, 2.05) is 0 Å². The van der Waals surface area contributed by atoms with Crippen molar-refractivity contribution in [3.63, 3.8) is 0 Å². The number of amides is 1. The van der Waals surface area contributed by atoms with Gasteiger partial charge in [-0.05, 0) is 12.1 Å². The van der Waals surface area contributed by atoms with Crippen LogP contribution in [0.3, 0.4) is 0 Å². The number of anilines is 1. The molecule has 1 aromatic heterocycles. The number of halogens is 1. The highest BCUT2D eigenvalue weighted by molar-refractivity contribution is 7.90. The third kappa shape index (κ3) is 3.99. The molecule has 0 fully saturated rings. The number of sulfone groups is 1. The van der Waals surface area contributed by atoms with Gasteiger partial charge in [0.25, 0.3) is 11.6 Å². The number of non-ortho nitro benzene ring substituents is 1. The van der Waals surface area contributed by atoms with Gasteiger partial charge in [0.2, 0.25) is 15.0 Å². The summed E-state index contributed by atoms with van der Waals surface area (Å²) < 4.78 is 22.8. The fourth-order valence-corrected chi connectivity index (χ4v) is 2.22. The quantitative estimate of drug-likeness (QED) is 0.500. The molecule has 0 aliphatic rings. The van der Waals surface area contributed by atoms with Gasteiger partial charge < -0.3 is 5.32 Å². The van der Waals surface area contributed by atoms with Crippen LogP contribution in [-0.2, 0) is 9.84 Å². The highest BCUT2D eigenvalue weighted by Gasteiger charge is 2.19. The molecule has 1 amide bonds. The van der Waals surface area contributed by atoms with Gasteiger partial charge in [0, 0.05) is 24.1 Å². The summed E-state index contributed by atoms with van der Waals surface area (Å²) in [5.74, 6) is -0.767. The van der Waals surface area contributed by atoms with E-state index >= 15 is 0 Å². The van der Waals surface area contributed by atoms with E-state index in [4.69, 9.17) is 11.6 Å². The van der Waals surface area contributed by atoms with Crippen LogP contribution in [0.2, 0.25) is 5.02 Å². The SMILES string of the molecule is CS(=O)(=O)c1ncc(Cl)c(C(=O)Nc2ccc([N+](=O)[O-])cc2)n1. The number of nitrogens with zero attached hydrogens (tertiary/aromatic N) is 3. The number of rotatable bonds is 4. The lowest BCUT2D eigenvalue weighted by atomic mass is 10.2. The van der Waals surface area contributed by atoms with Crippen LogP contribution in [0.15, 0.2) is 35.6 Å². The summed E-state index contributed by atoms with van der Waals surface area (Å²) in [6.45, 7) is 0. The van der Waals surface area contributed by atoms with Crippen LogP contribution in [0, 0.1) is 10.1 Å². The van der Waals surface area contributed by atoms with E-state index in [2.05, 4.69) is 15.3 Å². The lowest BCUT2D eigenvalue weighted by molar-refractivity contribution is -0.384. The minimum Gasteiger partial charge on any atom is -0.321 e. The molecular formula is C12H9ClN4O5S. The molecule has 23 heavy (non-hydrogen) atoms. The first-order valence-electron chi connectivity index (χ1n) is 5.97. The topological polar surface area (TPSA) is 132 Å². The van der Waals surface area contributed by atoms with Crippen molar-refractivity contribution < 1.29 is 18.1 Å². The number of nitro benzene ring substituents is 1. The number of nitro groups is 1. The van der Waals surface area contributed by atoms with Crippen molar-refractivity contribution in [3.8, 4) is 0 Å². The van der Waals surface area contributed by atoms with Crippen molar-refractivity contribution in [2.24, 2.45) is 0 Å². The zero-order valence-corrected chi connectivity index (χ0v) is 13.1. The number of hydrogen-bond donors (Lipinski definition) is 1. The van der Waals surface area contributed by atoms with Gasteiger partial charge in [0.15, 0.2) is 5.69 Å². The third-order valence-electron chi connectivity index (χ3n) is 2.60. The summed E-state index contributed by atoms with van der Waals surface area (Å²) >= 11 is 5.80. The van der Waals surface area contributed by atoms with Crippen LogP contribution >= 0.6 is 11.6 Å². The second kappa shape index (κ2) is 6.26. The minimum absolute atomic E-state index is 0.128. The van der Waals surface area contributed by atoms with Crippen molar-refractivity contribution in [2.75, 3.05) is 11.6 Å². The van der Waals surface area contributed by atoms with E-state index in [1.54, 1.807) is 0 Å². The molecule has 0 atom stereocenters.